The average molecular weight is 258 g/mol. The fraction of sp³-hybridized carbons (Fsp3) is 0.400. The van der Waals surface area contributed by atoms with Gasteiger partial charge in [-0.15, -0.1) is 0 Å². The minimum Gasteiger partial charge on any atom is -0.493 e. The Labute approximate surface area is 112 Å². The molecular weight excluding hydrogens is 240 g/mol. The van der Waals surface area contributed by atoms with Crippen molar-refractivity contribution in [3.8, 4) is 11.5 Å². The van der Waals surface area contributed by atoms with Crippen molar-refractivity contribution in [2.75, 3.05) is 19.5 Å². The first-order valence-corrected chi connectivity index (χ1v) is 6.36. The van der Waals surface area contributed by atoms with Gasteiger partial charge in [0.2, 0.25) is 0 Å². The van der Waals surface area contributed by atoms with Crippen LogP contribution in [-0.2, 0) is 6.42 Å². The highest BCUT2D eigenvalue weighted by Gasteiger charge is 2.28. The molecule has 0 saturated heterocycles. The molecule has 0 fully saturated rings. The molecule has 2 heterocycles. The number of fused-ring (bicyclic) bond motifs is 2. The number of nitrogens with one attached hydrogen (secondary N) is 1. The number of aromatic nitrogens is 1. The zero-order valence-electron chi connectivity index (χ0n) is 11.7. The number of rotatable bonds is 2. The third-order valence-electron chi connectivity index (χ3n) is 3.49. The molecule has 0 aliphatic carbocycles. The van der Waals surface area contributed by atoms with Crippen molar-refractivity contribution in [1.29, 1.82) is 0 Å². The van der Waals surface area contributed by atoms with Gasteiger partial charge in [0.25, 0.3) is 0 Å². The van der Waals surface area contributed by atoms with Gasteiger partial charge in [-0.1, -0.05) is 0 Å². The summed E-state index contributed by atoms with van der Waals surface area (Å²) in [7, 11) is 3.29. The van der Waals surface area contributed by atoms with E-state index < -0.39 is 0 Å². The predicted molar refractivity (Wildman–Crippen MR) is 76.3 cm³/mol. The highest BCUT2D eigenvalue weighted by molar-refractivity contribution is 5.86. The zero-order valence-corrected chi connectivity index (χ0v) is 11.7. The van der Waals surface area contributed by atoms with Crippen LogP contribution in [0.25, 0.3) is 10.9 Å². The minimum absolute atomic E-state index is 0.0703. The number of nitrogens with zero attached hydrogens (tertiary/aromatic N) is 1. The Bertz CT molecular complexity index is 596. The summed E-state index contributed by atoms with van der Waals surface area (Å²) in [5, 5.41) is 4.53. The molecular formula is C15H18N2O2. The van der Waals surface area contributed by atoms with E-state index in [0.29, 0.717) is 5.75 Å². The van der Waals surface area contributed by atoms with E-state index in [0.717, 1.165) is 28.9 Å². The number of pyridine rings is 1. The molecule has 0 unspecified atom stereocenters. The predicted octanol–water partition coefficient (Wildman–Crippen LogP) is 3.00. The number of hydrogen-bond acceptors (Lipinski definition) is 4. The van der Waals surface area contributed by atoms with Crippen LogP contribution in [0.1, 0.15) is 19.4 Å². The fourth-order valence-corrected chi connectivity index (χ4v) is 2.63. The highest BCUT2D eigenvalue weighted by Crippen LogP contribution is 2.36. The summed E-state index contributed by atoms with van der Waals surface area (Å²) in [6.07, 6.45) is 0.986. The van der Waals surface area contributed by atoms with Crippen LogP contribution < -0.4 is 14.8 Å². The molecule has 1 N–H and O–H groups in total. The van der Waals surface area contributed by atoms with Crippen LogP contribution in [0.3, 0.4) is 0 Å². The second-order valence-corrected chi connectivity index (χ2v) is 5.58. The van der Waals surface area contributed by atoms with E-state index in [-0.39, 0.29) is 5.54 Å². The molecule has 4 nitrogen and oxygen atoms in total. The van der Waals surface area contributed by atoms with Gasteiger partial charge in [0.1, 0.15) is 5.82 Å². The smallest absolute Gasteiger partial charge is 0.162 e. The Morgan fingerprint density at radius 3 is 2.47 bits per heavy atom. The van der Waals surface area contributed by atoms with Crippen LogP contribution in [0.5, 0.6) is 11.5 Å². The molecule has 0 saturated carbocycles. The van der Waals surface area contributed by atoms with E-state index in [4.69, 9.17) is 9.47 Å². The molecule has 1 aliphatic heterocycles. The Morgan fingerprint density at radius 2 is 1.79 bits per heavy atom. The van der Waals surface area contributed by atoms with Gasteiger partial charge in [0, 0.05) is 17.0 Å². The Morgan fingerprint density at radius 1 is 1.11 bits per heavy atom. The van der Waals surface area contributed by atoms with Crippen molar-refractivity contribution in [3.63, 3.8) is 0 Å². The van der Waals surface area contributed by atoms with Crippen molar-refractivity contribution in [3.05, 3.63) is 23.8 Å². The summed E-state index contributed by atoms with van der Waals surface area (Å²) in [5.74, 6) is 2.42. The first-order chi connectivity index (χ1) is 9.02. The van der Waals surface area contributed by atoms with E-state index in [9.17, 15) is 0 Å². The molecule has 0 spiro atoms. The second kappa shape index (κ2) is 4.02. The number of anilines is 1. The van der Waals surface area contributed by atoms with Crippen molar-refractivity contribution in [2.24, 2.45) is 0 Å². The lowest BCUT2D eigenvalue weighted by Gasteiger charge is -2.17. The number of ether oxygens (including phenoxy) is 2. The van der Waals surface area contributed by atoms with E-state index >= 15 is 0 Å². The molecule has 100 valence electrons. The third kappa shape index (κ3) is 1.97. The SMILES string of the molecule is COc1cc2cc3c(nc2cc1OC)NC(C)(C)C3. The molecule has 3 rings (SSSR count). The molecule has 0 atom stereocenters. The van der Waals surface area contributed by atoms with Gasteiger partial charge in [-0.2, -0.15) is 0 Å². The van der Waals surface area contributed by atoms with Gasteiger partial charge in [-0.25, -0.2) is 4.98 Å². The molecule has 2 aromatic rings. The molecule has 0 amide bonds. The minimum atomic E-state index is 0.0703. The van der Waals surface area contributed by atoms with Crippen molar-refractivity contribution in [1.82, 2.24) is 4.98 Å². The average Bonchev–Trinajstić information content (AvgIpc) is 2.66. The molecule has 1 aromatic carbocycles. The van der Waals surface area contributed by atoms with Crippen LogP contribution in [0.2, 0.25) is 0 Å². The summed E-state index contributed by atoms with van der Waals surface area (Å²) < 4.78 is 10.7. The van der Waals surface area contributed by atoms with E-state index in [1.807, 2.05) is 12.1 Å². The van der Waals surface area contributed by atoms with Crippen LogP contribution in [0.15, 0.2) is 18.2 Å². The number of methoxy groups -OCH3 is 2. The largest absolute Gasteiger partial charge is 0.493 e. The van der Waals surface area contributed by atoms with Crippen LogP contribution in [0.4, 0.5) is 5.82 Å². The van der Waals surface area contributed by atoms with Gasteiger partial charge in [-0.05, 0) is 38.0 Å². The van der Waals surface area contributed by atoms with Crippen molar-refractivity contribution < 1.29 is 9.47 Å². The lowest BCUT2D eigenvalue weighted by atomic mass is 10.00. The van der Waals surface area contributed by atoms with Gasteiger partial charge in [0.15, 0.2) is 11.5 Å². The summed E-state index contributed by atoms with van der Waals surface area (Å²) in [5.41, 5.74) is 2.24. The Balaban J connectivity index is 2.18. The first kappa shape index (κ1) is 12.1. The maximum Gasteiger partial charge on any atom is 0.162 e. The zero-order chi connectivity index (χ0) is 13.6. The van der Waals surface area contributed by atoms with Crippen LogP contribution >= 0.6 is 0 Å². The van der Waals surface area contributed by atoms with Gasteiger partial charge >= 0.3 is 0 Å². The van der Waals surface area contributed by atoms with Crippen molar-refractivity contribution >= 4 is 16.7 Å². The molecule has 1 aliphatic rings. The first-order valence-electron chi connectivity index (χ1n) is 6.36. The lowest BCUT2D eigenvalue weighted by Crippen LogP contribution is -2.27. The van der Waals surface area contributed by atoms with Crippen LogP contribution in [-0.4, -0.2) is 24.7 Å². The highest BCUT2D eigenvalue weighted by atomic mass is 16.5. The third-order valence-corrected chi connectivity index (χ3v) is 3.49. The molecule has 0 bridgehead atoms. The number of benzene rings is 1. The van der Waals surface area contributed by atoms with Gasteiger partial charge in [-0.3, -0.25) is 0 Å². The topological polar surface area (TPSA) is 43.4 Å². The monoisotopic (exact) mass is 258 g/mol. The van der Waals surface area contributed by atoms with Gasteiger partial charge < -0.3 is 14.8 Å². The number of hydrogen-bond donors (Lipinski definition) is 1. The summed E-state index contributed by atoms with van der Waals surface area (Å²) in [4.78, 5) is 4.69. The van der Waals surface area contributed by atoms with E-state index in [1.54, 1.807) is 14.2 Å². The Kier molecular flexibility index (Phi) is 2.55. The standard InChI is InChI=1S/C15H18N2O2/c1-15(2)8-10-5-9-6-12(18-3)13(19-4)7-11(9)16-14(10)17-15/h5-7H,8H2,1-4H3,(H,16,17). The molecule has 1 aromatic heterocycles. The van der Waals surface area contributed by atoms with E-state index in [1.165, 1.54) is 5.56 Å². The quantitative estimate of drug-likeness (QED) is 0.899. The fourth-order valence-electron chi connectivity index (χ4n) is 2.63. The van der Waals surface area contributed by atoms with Crippen LogP contribution in [0, 0.1) is 0 Å². The maximum absolute atomic E-state index is 5.34. The van der Waals surface area contributed by atoms with Crippen molar-refractivity contribution in [2.45, 2.75) is 25.8 Å². The maximum atomic E-state index is 5.34. The molecule has 0 radical (unpaired) electrons. The Hall–Kier alpha value is -1.97. The summed E-state index contributed by atoms with van der Waals surface area (Å²) in [6, 6.07) is 6.08. The summed E-state index contributed by atoms with van der Waals surface area (Å²) in [6.45, 7) is 4.36. The molecule has 4 heteroatoms. The van der Waals surface area contributed by atoms with E-state index in [2.05, 4.69) is 30.2 Å². The normalized spacial score (nSPS) is 16.0. The summed E-state index contributed by atoms with van der Waals surface area (Å²) >= 11 is 0. The second-order valence-electron chi connectivity index (χ2n) is 5.58. The lowest BCUT2D eigenvalue weighted by molar-refractivity contribution is 0.356. The molecule has 19 heavy (non-hydrogen) atoms. The van der Waals surface area contributed by atoms with Gasteiger partial charge in [0.05, 0.1) is 19.7 Å².